The minimum absolute atomic E-state index is 0.347. The van der Waals surface area contributed by atoms with Gasteiger partial charge in [-0.3, -0.25) is 5.32 Å². The van der Waals surface area contributed by atoms with Crippen molar-refractivity contribution in [2.75, 3.05) is 5.32 Å². The first-order valence-electron chi connectivity index (χ1n) is 6.89. The van der Waals surface area contributed by atoms with Gasteiger partial charge in [0.2, 0.25) is 0 Å². The Kier molecular flexibility index (Phi) is 5.96. The number of nitrogens with one attached hydrogen (secondary N) is 1. The van der Waals surface area contributed by atoms with Crippen LogP contribution in [0.1, 0.15) is 47.1 Å². The zero-order valence-electron chi connectivity index (χ0n) is 13.8. The molecule has 0 saturated heterocycles. The molecule has 1 rings (SSSR count). The van der Waals surface area contributed by atoms with Crippen LogP contribution in [0.25, 0.3) is 0 Å². The van der Waals surface area contributed by atoms with E-state index in [0.717, 1.165) is 0 Å². The SMILES string of the molecule is CC(C)(C)OC(=O)Nc1cc(C=N[S+]([O-])C(C)(C)C)ccn1. The zero-order valence-corrected chi connectivity index (χ0v) is 14.7. The Bertz CT molecular complexity index is 548. The predicted octanol–water partition coefficient (Wildman–Crippen LogP) is 3.31. The summed E-state index contributed by atoms with van der Waals surface area (Å²) < 4.78 is 20.6. The highest BCUT2D eigenvalue weighted by Gasteiger charge is 2.25. The smallest absolute Gasteiger partial charge is 0.413 e. The van der Waals surface area contributed by atoms with Gasteiger partial charge in [0.05, 0.1) is 6.21 Å². The van der Waals surface area contributed by atoms with Crippen LogP contribution in [0.3, 0.4) is 0 Å². The van der Waals surface area contributed by atoms with Gasteiger partial charge in [0.15, 0.2) is 0 Å². The molecule has 0 radical (unpaired) electrons. The molecular formula is C15H23N3O3S. The molecule has 1 heterocycles. The molecule has 0 bridgehead atoms. The molecule has 122 valence electrons. The van der Waals surface area contributed by atoms with Crippen molar-refractivity contribution in [3.63, 3.8) is 0 Å². The number of carbonyl (C=O) groups is 1. The third-order valence-electron chi connectivity index (χ3n) is 2.23. The van der Waals surface area contributed by atoms with Crippen molar-refractivity contribution >= 4 is 29.5 Å². The van der Waals surface area contributed by atoms with Gasteiger partial charge in [0.25, 0.3) is 0 Å². The topological polar surface area (TPSA) is 86.6 Å². The van der Waals surface area contributed by atoms with E-state index in [0.29, 0.717) is 11.4 Å². The molecule has 1 aromatic heterocycles. The van der Waals surface area contributed by atoms with Gasteiger partial charge in [-0.05, 0) is 53.7 Å². The van der Waals surface area contributed by atoms with E-state index in [1.807, 2.05) is 20.8 Å². The zero-order chi connectivity index (χ0) is 17.0. The number of aromatic nitrogens is 1. The number of hydrogen-bond donors (Lipinski definition) is 1. The van der Waals surface area contributed by atoms with Crippen LogP contribution in [0.2, 0.25) is 0 Å². The van der Waals surface area contributed by atoms with Crippen molar-refractivity contribution in [3.05, 3.63) is 23.9 Å². The van der Waals surface area contributed by atoms with E-state index in [1.165, 1.54) is 12.4 Å². The van der Waals surface area contributed by atoms with Crippen LogP contribution < -0.4 is 5.32 Å². The second kappa shape index (κ2) is 7.11. The Labute approximate surface area is 134 Å². The minimum atomic E-state index is -1.33. The Balaban J connectivity index is 2.74. The normalized spacial score (nSPS) is 14.0. The number of carbonyl (C=O) groups excluding carboxylic acids is 1. The molecular weight excluding hydrogens is 302 g/mol. The van der Waals surface area contributed by atoms with Crippen LogP contribution in [-0.2, 0) is 16.1 Å². The summed E-state index contributed by atoms with van der Waals surface area (Å²) >= 11 is -1.33. The number of amides is 1. The number of nitrogens with zero attached hydrogens (tertiary/aromatic N) is 2. The average Bonchev–Trinajstić information content (AvgIpc) is 2.32. The van der Waals surface area contributed by atoms with Crippen molar-refractivity contribution in [3.8, 4) is 0 Å². The van der Waals surface area contributed by atoms with Gasteiger partial charge < -0.3 is 9.29 Å². The van der Waals surface area contributed by atoms with E-state index < -0.39 is 27.8 Å². The Morgan fingerprint density at radius 2 is 2.00 bits per heavy atom. The molecule has 0 aliphatic heterocycles. The van der Waals surface area contributed by atoms with Crippen LogP contribution in [0, 0.1) is 0 Å². The number of ether oxygens (including phenoxy) is 1. The number of pyridine rings is 1. The van der Waals surface area contributed by atoms with E-state index in [1.54, 1.807) is 32.9 Å². The maximum absolute atomic E-state index is 11.9. The summed E-state index contributed by atoms with van der Waals surface area (Å²) in [6.45, 7) is 10.9. The monoisotopic (exact) mass is 325 g/mol. The molecule has 0 fully saturated rings. The summed E-state index contributed by atoms with van der Waals surface area (Å²) in [6.07, 6.45) is 2.46. The summed E-state index contributed by atoms with van der Waals surface area (Å²) in [5, 5.41) is 2.55. The fourth-order valence-corrected chi connectivity index (χ4v) is 1.80. The molecule has 0 spiro atoms. The van der Waals surface area contributed by atoms with E-state index >= 15 is 0 Å². The number of hydrogen-bond acceptors (Lipinski definition) is 5. The average molecular weight is 325 g/mol. The molecule has 0 aliphatic rings. The molecule has 0 aromatic carbocycles. The first kappa shape index (κ1) is 18.4. The molecule has 0 aliphatic carbocycles. The fraction of sp³-hybridized carbons (Fsp3) is 0.533. The molecule has 1 amide bonds. The highest BCUT2D eigenvalue weighted by molar-refractivity contribution is 7.91. The molecule has 22 heavy (non-hydrogen) atoms. The predicted molar refractivity (Wildman–Crippen MR) is 89.6 cm³/mol. The minimum Gasteiger partial charge on any atom is -0.591 e. The van der Waals surface area contributed by atoms with Gasteiger partial charge in [-0.1, -0.05) is 4.40 Å². The Hall–Kier alpha value is -1.60. The second-order valence-electron chi connectivity index (χ2n) is 6.70. The van der Waals surface area contributed by atoms with Crippen LogP contribution in [-0.4, -0.2) is 32.2 Å². The van der Waals surface area contributed by atoms with Crippen LogP contribution in [0.5, 0.6) is 0 Å². The summed E-state index contributed by atoms with van der Waals surface area (Å²) in [6, 6.07) is 3.34. The van der Waals surface area contributed by atoms with Crippen LogP contribution in [0.4, 0.5) is 10.6 Å². The van der Waals surface area contributed by atoms with Gasteiger partial charge in [-0.2, -0.15) is 0 Å². The van der Waals surface area contributed by atoms with E-state index in [2.05, 4.69) is 14.7 Å². The first-order chi connectivity index (χ1) is 9.97. The summed E-state index contributed by atoms with van der Waals surface area (Å²) in [7, 11) is 0. The van der Waals surface area contributed by atoms with E-state index in [9.17, 15) is 9.35 Å². The van der Waals surface area contributed by atoms with Crippen molar-refractivity contribution in [2.24, 2.45) is 4.40 Å². The molecule has 6 nitrogen and oxygen atoms in total. The van der Waals surface area contributed by atoms with Crippen LogP contribution >= 0.6 is 0 Å². The molecule has 1 aromatic rings. The summed E-state index contributed by atoms with van der Waals surface area (Å²) in [4.78, 5) is 15.7. The lowest BCUT2D eigenvalue weighted by molar-refractivity contribution is 0.0635. The maximum Gasteiger partial charge on any atom is 0.413 e. The highest BCUT2D eigenvalue weighted by Crippen LogP contribution is 2.17. The number of anilines is 1. The van der Waals surface area contributed by atoms with Crippen LogP contribution in [0.15, 0.2) is 22.7 Å². The summed E-state index contributed by atoms with van der Waals surface area (Å²) in [5.74, 6) is 0.347. The van der Waals surface area contributed by atoms with Gasteiger partial charge >= 0.3 is 6.09 Å². The molecule has 1 N–H and O–H groups in total. The quantitative estimate of drug-likeness (QED) is 0.682. The fourth-order valence-electron chi connectivity index (χ4n) is 1.27. The first-order valence-corrected chi connectivity index (χ1v) is 8.00. The highest BCUT2D eigenvalue weighted by atomic mass is 32.2. The molecule has 1 unspecified atom stereocenters. The maximum atomic E-state index is 11.9. The standard InChI is InChI=1S/C15H23N3O3S/c1-14(2,3)21-13(19)18-12-9-11(7-8-16-12)10-17-22(20)15(4,5)6/h7-10H,1-6H3,(H,16,18,19). The van der Waals surface area contributed by atoms with E-state index in [4.69, 9.17) is 4.74 Å². The third-order valence-corrected chi connectivity index (χ3v) is 3.58. The van der Waals surface area contributed by atoms with E-state index in [-0.39, 0.29) is 0 Å². The Morgan fingerprint density at radius 3 is 2.55 bits per heavy atom. The van der Waals surface area contributed by atoms with Gasteiger partial charge in [0, 0.05) is 11.8 Å². The molecule has 0 saturated carbocycles. The largest absolute Gasteiger partial charge is 0.591 e. The van der Waals surface area contributed by atoms with Gasteiger partial charge in [-0.25, -0.2) is 9.78 Å². The lowest BCUT2D eigenvalue weighted by atomic mass is 10.2. The lowest BCUT2D eigenvalue weighted by Gasteiger charge is -2.19. The van der Waals surface area contributed by atoms with Crippen molar-refractivity contribution < 1.29 is 14.1 Å². The molecule has 7 heteroatoms. The molecule has 1 atom stereocenters. The lowest BCUT2D eigenvalue weighted by Crippen LogP contribution is -2.27. The van der Waals surface area contributed by atoms with Crippen molar-refractivity contribution in [1.82, 2.24) is 4.98 Å². The summed E-state index contributed by atoms with van der Waals surface area (Å²) in [5.41, 5.74) is 0.117. The van der Waals surface area contributed by atoms with Gasteiger partial charge in [-0.15, -0.1) is 0 Å². The third kappa shape index (κ3) is 6.91. The second-order valence-corrected chi connectivity index (χ2v) is 8.63. The van der Waals surface area contributed by atoms with Crippen molar-refractivity contribution in [2.45, 2.75) is 51.9 Å². The van der Waals surface area contributed by atoms with Gasteiger partial charge in [0.1, 0.15) is 27.5 Å². The Morgan fingerprint density at radius 1 is 1.36 bits per heavy atom. The van der Waals surface area contributed by atoms with Crippen molar-refractivity contribution in [1.29, 1.82) is 0 Å². The number of rotatable bonds is 3.